The van der Waals surface area contributed by atoms with Gasteiger partial charge in [0.25, 0.3) is 0 Å². The van der Waals surface area contributed by atoms with Crippen LogP contribution in [0.5, 0.6) is 0 Å². The Bertz CT molecular complexity index is 716. The SMILES string of the molecule is Nc1ccc(C(=O)c2cc(C(F)(F)F)ccc2Br)cc1Cl. The maximum atomic E-state index is 12.7. The van der Waals surface area contributed by atoms with E-state index < -0.39 is 17.5 Å². The molecule has 0 saturated heterocycles. The molecule has 21 heavy (non-hydrogen) atoms. The van der Waals surface area contributed by atoms with Gasteiger partial charge in [0.15, 0.2) is 5.78 Å². The van der Waals surface area contributed by atoms with Gasteiger partial charge in [0.2, 0.25) is 0 Å². The topological polar surface area (TPSA) is 43.1 Å². The Labute approximate surface area is 131 Å². The van der Waals surface area contributed by atoms with Gasteiger partial charge >= 0.3 is 6.18 Å². The summed E-state index contributed by atoms with van der Waals surface area (Å²) in [6, 6.07) is 7.06. The van der Waals surface area contributed by atoms with Gasteiger partial charge in [-0.05, 0) is 36.4 Å². The molecule has 7 heteroatoms. The van der Waals surface area contributed by atoms with E-state index in [1.54, 1.807) is 0 Å². The fourth-order valence-corrected chi connectivity index (χ4v) is 2.31. The minimum atomic E-state index is -4.52. The lowest BCUT2D eigenvalue weighted by Crippen LogP contribution is -2.09. The van der Waals surface area contributed by atoms with E-state index in [1.807, 2.05) is 0 Å². The van der Waals surface area contributed by atoms with Crippen LogP contribution >= 0.6 is 27.5 Å². The molecule has 0 spiro atoms. The maximum absolute atomic E-state index is 12.7. The highest BCUT2D eigenvalue weighted by molar-refractivity contribution is 9.10. The Morgan fingerprint density at radius 3 is 2.38 bits per heavy atom. The van der Waals surface area contributed by atoms with Crippen molar-refractivity contribution in [2.75, 3.05) is 5.73 Å². The van der Waals surface area contributed by atoms with E-state index in [9.17, 15) is 18.0 Å². The number of hydrogen-bond donors (Lipinski definition) is 1. The molecule has 0 saturated carbocycles. The lowest BCUT2D eigenvalue weighted by atomic mass is 10.0. The Balaban J connectivity index is 2.50. The van der Waals surface area contributed by atoms with E-state index in [-0.39, 0.29) is 26.3 Å². The number of carbonyl (C=O) groups excluding carboxylic acids is 1. The number of ketones is 1. The van der Waals surface area contributed by atoms with E-state index in [4.69, 9.17) is 17.3 Å². The van der Waals surface area contributed by atoms with Crippen LogP contribution in [0.3, 0.4) is 0 Å². The molecule has 0 aliphatic carbocycles. The first-order valence-electron chi connectivity index (χ1n) is 5.66. The van der Waals surface area contributed by atoms with Crippen molar-refractivity contribution in [3.05, 3.63) is 62.6 Å². The third-order valence-corrected chi connectivity index (χ3v) is 3.82. The number of anilines is 1. The molecule has 110 valence electrons. The molecule has 0 amide bonds. The minimum absolute atomic E-state index is 0.0920. The molecular weight excluding hydrogens is 371 g/mol. The lowest BCUT2D eigenvalue weighted by Gasteiger charge is -2.10. The molecule has 0 aromatic heterocycles. The zero-order chi connectivity index (χ0) is 15.8. The largest absolute Gasteiger partial charge is 0.416 e. The van der Waals surface area contributed by atoms with Gasteiger partial charge in [0, 0.05) is 15.6 Å². The first-order valence-corrected chi connectivity index (χ1v) is 6.83. The van der Waals surface area contributed by atoms with Crippen molar-refractivity contribution in [2.24, 2.45) is 0 Å². The summed E-state index contributed by atoms with van der Waals surface area (Å²) in [4.78, 5) is 12.3. The third-order valence-electron chi connectivity index (χ3n) is 2.80. The molecule has 2 aromatic carbocycles. The number of nitrogen functional groups attached to an aromatic ring is 1. The van der Waals surface area contributed by atoms with Crippen LogP contribution in [-0.4, -0.2) is 5.78 Å². The van der Waals surface area contributed by atoms with Gasteiger partial charge in [-0.1, -0.05) is 27.5 Å². The number of hydrogen-bond acceptors (Lipinski definition) is 2. The molecule has 0 bridgehead atoms. The molecule has 0 radical (unpaired) electrons. The first-order chi connectivity index (χ1) is 9.70. The molecule has 0 aliphatic heterocycles. The van der Waals surface area contributed by atoms with Crippen molar-refractivity contribution in [3.63, 3.8) is 0 Å². The summed E-state index contributed by atoms with van der Waals surface area (Å²) in [6.45, 7) is 0. The van der Waals surface area contributed by atoms with Gasteiger partial charge in [-0.15, -0.1) is 0 Å². The van der Waals surface area contributed by atoms with Crippen molar-refractivity contribution in [3.8, 4) is 0 Å². The quantitative estimate of drug-likeness (QED) is 0.594. The summed E-state index contributed by atoms with van der Waals surface area (Å²) >= 11 is 8.90. The van der Waals surface area contributed by atoms with Crippen molar-refractivity contribution in [1.29, 1.82) is 0 Å². The second-order valence-corrected chi connectivity index (χ2v) is 5.52. The first kappa shape index (κ1) is 15.9. The highest BCUT2D eigenvalue weighted by atomic mass is 79.9. The average Bonchev–Trinajstić information content (AvgIpc) is 2.40. The normalized spacial score (nSPS) is 11.5. The molecule has 2 nitrogen and oxygen atoms in total. The van der Waals surface area contributed by atoms with Crippen LogP contribution in [0.1, 0.15) is 21.5 Å². The van der Waals surface area contributed by atoms with Crippen LogP contribution in [0.25, 0.3) is 0 Å². The van der Waals surface area contributed by atoms with E-state index in [0.29, 0.717) is 0 Å². The van der Waals surface area contributed by atoms with Gasteiger partial charge in [-0.3, -0.25) is 4.79 Å². The van der Waals surface area contributed by atoms with Crippen LogP contribution in [0.4, 0.5) is 18.9 Å². The zero-order valence-corrected chi connectivity index (χ0v) is 12.7. The van der Waals surface area contributed by atoms with Crippen LogP contribution < -0.4 is 5.73 Å². The van der Waals surface area contributed by atoms with E-state index in [1.165, 1.54) is 24.3 Å². The Hall–Kier alpha value is -1.53. The summed E-state index contributed by atoms with van der Waals surface area (Å²) in [5, 5.41) is 0.170. The molecule has 0 aliphatic rings. The van der Waals surface area contributed by atoms with Gasteiger partial charge < -0.3 is 5.73 Å². The maximum Gasteiger partial charge on any atom is 0.416 e. The van der Waals surface area contributed by atoms with Crippen molar-refractivity contribution in [2.45, 2.75) is 6.18 Å². The monoisotopic (exact) mass is 377 g/mol. The number of benzene rings is 2. The van der Waals surface area contributed by atoms with Gasteiger partial charge in [-0.25, -0.2) is 0 Å². The summed E-state index contributed by atoms with van der Waals surface area (Å²) in [7, 11) is 0. The highest BCUT2D eigenvalue weighted by Crippen LogP contribution is 2.33. The average molecular weight is 379 g/mol. The van der Waals surface area contributed by atoms with Gasteiger partial charge in [-0.2, -0.15) is 13.2 Å². The Morgan fingerprint density at radius 1 is 1.14 bits per heavy atom. The molecular formula is C14H8BrClF3NO. The number of alkyl halides is 3. The summed E-state index contributed by atoms with van der Waals surface area (Å²) in [6.07, 6.45) is -4.52. The predicted molar refractivity (Wildman–Crippen MR) is 78.4 cm³/mol. The Kier molecular flexibility index (Phi) is 4.30. The number of carbonyl (C=O) groups is 1. The smallest absolute Gasteiger partial charge is 0.398 e. The molecule has 2 rings (SSSR count). The molecule has 2 aromatic rings. The standard InChI is InChI=1S/C14H8BrClF3NO/c15-10-3-2-8(14(17,18)19)6-9(10)13(21)7-1-4-12(20)11(16)5-7/h1-6H,20H2. The second-order valence-electron chi connectivity index (χ2n) is 4.26. The molecule has 0 fully saturated rings. The van der Waals surface area contributed by atoms with Crippen molar-refractivity contribution >= 4 is 39.0 Å². The molecule has 0 heterocycles. The highest BCUT2D eigenvalue weighted by Gasteiger charge is 2.31. The van der Waals surface area contributed by atoms with E-state index in [2.05, 4.69) is 15.9 Å². The zero-order valence-electron chi connectivity index (χ0n) is 10.3. The number of nitrogens with two attached hydrogens (primary N) is 1. The van der Waals surface area contributed by atoms with Gasteiger partial charge in [0.1, 0.15) is 0 Å². The van der Waals surface area contributed by atoms with E-state index >= 15 is 0 Å². The lowest BCUT2D eigenvalue weighted by molar-refractivity contribution is -0.137. The van der Waals surface area contributed by atoms with Crippen LogP contribution in [0.15, 0.2) is 40.9 Å². The predicted octanol–water partition coefficient (Wildman–Crippen LogP) is 4.93. The minimum Gasteiger partial charge on any atom is -0.398 e. The van der Waals surface area contributed by atoms with E-state index in [0.717, 1.165) is 12.1 Å². The van der Waals surface area contributed by atoms with Crippen LogP contribution in [-0.2, 0) is 6.18 Å². The second kappa shape index (κ2) is 5.69. The fourth-order valence-electron chi connectivity index (χ4n) is 1.70. The number of halogens is 5. The summed E-state index contributed by atoms with van der Waals surface area (Å²) in [5.74, 6) is -0.574. The number of rotatable bonds is 2. The third kappa shape index (κ3) is 3.39. The van der Waals surface area contributed by atoms with Crippen LogP contribution in [0, 0.1) is 0 Å². The summed E-state index contributed by atoms with van der Waals surface area (Å²) in [5.41, 5.74) is 5.00. The van der Waals surface area contributed by atoms with Crippen molar-refractivity contribution in [1.82, 2.24) is 0 Å². The van der Waals surface area contributed by atoms with Crippen molar-refractivity contribution < 1.29 is 18.0 Å². The molecule has 2 N–H and O–H groups in total. The van der Waals surface area contributed by atoms with Crippen LogP contribution in [0.2, 0.25) is 5.02 Å². The fraction of sp³-hybridized carbons (Fsp3) is 0.0714. The molecule has 0 unspecified atom stereocenters. The Morgan fingerprint density at radius 2 is 1.81 bits per heavy atom. The summed E-state index contributed by atoms with van der Waals surface area (Å²) < 4.78 is 38.4. The van der Waals surface area contributed by atoms with Gasteiger partial charge in [0.05, 0.1) is 16.3 Å². The molecule has 0 atom stereocenters.